The van der Waals surface area contributed by atoms with E-state index in [0.29, 0.717) is 23.7 Å². The Balaban J connectivity index is 1.67. The van der Waals surface area contributed by atoms with Gasteiger partial charge in [-0.2, -0.15) is 0 Å². The van der Waals surface area contributed by atoms with Crippen LogP contribution in [-0.4, -0.2) is 32.6 Å². The first-order valence-electron chi connectivity index (χ1n) is 10.7. The van der Waals surface area contributed by atoms with E-state index in [-0.39, 0.29) is 23.8 Å². The number of hydrogen-bond donors (Lipinski definition) is 1. The predicted molar refractivity (Wildman–Crippen MR) is 129 cm³/mol. The highest BCUT2D eigenvalue weighted by Crippen LogP contribution is 2.43. The van der Waals surface area contributed by atoms with Crippen LogP contribution in [0.25, 0.3) is 11.1 Å². The smallest absolute Gasteiger partial charge is 0.303 e. The first-order valence-corrected chi connectivity index (χ1v) is 12.5. The number of benzene rings is 3. The average Bonchev–Trinajstić information content (AvgIpc) is 3.17. The fourth-order valence-corrected chi connectivity index (χ4v) is 5.88. The Labute approximate surface area is 198 Å². The minimum absolute atomic E-state index is 0.0439. The molecule has 0 radical (unpaired) electrons. The van der Waals surface area contributed by atoms with Crippen LogP contribution in [0.3, 0.4) is 0 Å². The number of aliphatic carboxylic acids is 1. The summed E-state index contributed by atoms with van der Waals surface area (Å²) in [7, 11) is -3.87. The van der Waals surface area contributed by atoms with Gasteiger partial charge in [0, 0.05) is 23.9 Å². The van der Waals surface area contributed by atoms with Gasteiger partial charge in [-0.05, 0) is 72.5 Å². The van der Waals surface area contributed by atoms with Crippen molar-refractivity contribution in [3.63, 3.8) is 0 Å². The Morgan fingerprint density at radius 3 is 2.55 bits per heavy atom. The topological polar surface area (TPSA) is 83.9 Å². The molecular formula is C25H24ClNO5S. The zero-order chi connectivity index (χ0) is 23.6. The summed E-state index contributed by atoms with van der Waals surface area (Å²) in [6, 6.07) is 19.4. The molecule has 0 saturated carbocycles. The molecule has 1 N–H and O–H groups in total. The van der Waals surface area contributed by atoms with Gasteiger partial charge in [-0.1, -0.05) is 35.9 Å². The Morgan fingerprint density at radius 1 is 1.09 bits per heavy atom. The summed E-state index contributed by atoms with van der Waals surface area (Å²) in [6.07, 6.45) is 0.290. The number of anilines is 1. The molecule has 0 fully saturated rings. The van der Waals surface area contributed by atoms with E-state index in [1.54, 1.807) is 36.4 Å². The first-order chi connectivity index (χ1) is 15.8. The highest BCUT2D eigenvalue weighted by atomic mass is 35.5. The SMILES string of the molecule is CCOc1ccc(-c2cccc(S(=O)(=O)N3CC(CCC(=O)O)c4cc(Cl)ccc43)c2)cc1. The molecule has 0 aliphatic carbocycles. The van der Waals surface area contributed by atoms with Crippen LogP contribution in [0.2, 0.25) is 5.02 Å². The summed E-state index contributed by atoms with van der Waals surface area (Å²) >= 11 is 6.16. The minimum atomic E-state index is -3.87. The van der Waals surface area contributed by atoms with Crippen LogP contribution in [0.4, 0.5) is 5.69 Å². The van der Waals surface area contributed by atoms with Crippen molar-refractivity contribution in [3.05, 3.63) is 77.3 Å². The van der Waals surface area contributed by atoms with Gasteiger partial charge >= 0.3 is 5.97 Å². The maximum Gasteiger partial charge on any atom is 0.303 e. The molecule has 172 valence electrons. The standard InChI is InChI=1S/C25H24ClNO5S/c1-2-32-21-10-6-17(7-11-21)18-4-3-5-22(14-18)33(30,31)27-16-19(8-13-25(28)29)23-15-20(26)9-12-24(23)27/h3-7,9-12,14-15,19H,2,8,13,16H2,1H3,(H,28,29). The third-order valence-electron chi connectivity index (χ3n) is 5.71. The van der Waals surface area contributed by atoms with Gasteiger partial charge < -0.3 is 9.84 Å². The number of carboxylic acid groups (broad SMARTS) is 1. The van der Waals surface area contributed by atoms with Crippen molar-refractivity contribution in [2.45, 2.75) is 30.6 Å². The van der Waals surface area contributed by atoms with Gasteiger partial charge in [-0.15, -0.1) is 0 Å². The van der Waals surface area contributed by atoms with Gasteiger partial charge in [-0.3, -0.25) is 9.10 Å². The van der Waals surface area contributed by atoms with E-state index < -0.39 is 16.0 Å². The molecule has 3 aromatic rings. The number of fused-ring (bicyclic) bond motifs is 1. The molecule has 0 spiro atoms. The maximum atomic E-state index is 13.6. The van der Waals surface area contributed by atoms with Crippen LogP contribution in [0.15, 0.2) is 71.6 Å². The number of sulfonamides is 1. The summed E-state index contributed by atoms with van der Waals surface area (Å²) in [5, 5.41) is 9.59. The maximum absolute atomic E-state index is 13.6. The van der Waals surface area contributed by atoms with Gasteiger partial charge in [0.15, 0.2) is 0 Å². The lowest BCUT2D eigenvalue weighted by Gasteiger charge is -2.20. The Bertz CT molecular complexity index is 1270. The Kier molecular flexibility index (Phi) is 6.63. The lowest BCUT2D eigenvalue weighted by Crippen LogP contribution is -2.30. The molecule has 1 atom stereocenters. The monoisotopic (exact) mass is 485 g/mol. The highest BCUT2D eigenvalue weighted by Gasteiger charge is 2.36. The highest BCUT2D eigenvalue weighted by molar-refractivity contribution is 7.92. The van der Waals surface area contributed by atoms with Crippen molar-refractivity contribution in [2.24, 2.45) is 0 Å². The quantitative estimate of drug-likeness (QED) is 0.451. The van der Waals surface area contributed by atoms with E-state index in [2.05, 4.69) is 0 Å². The minimum Gasteiger partial charge on any atom is -0.494 e. The second kappa shape index (κ2) is 9.45. The zero-order valence-corrected chi connectivity index (χ0v) is 19.6. The summed E-state index contributed by atoms with van der Waals surface area (Å²) in [5.74, 6) is -0.397. The Hall–Kier alpha value is -3.03. The van der Waals surface area contributed by atoms with Crippen molar-refractivity contribution >= 4 is 33.3 Å². The van der Waals surface area contributed by atoms with E-state index in [0.717, 1.165) is 22.4 Å². The first kappa shape index (κ1) is 23.1. The van der Waals surface area contributed by atoms with E-state index in [9.17, 15) is 13.2 Å². The van der Waals surface area contributed by atoms with Crippen molar-refractivity contribution in [1.29, 1.82) is 0 Å². The third kappa shape index (κ3) is 4.84. The van der Waals surface area contributed by atoms with E-state index >= 15 is 0 Å². The van der Waals surface area contributed by atoms with Crippen LogP contribution in [-0.2, 0) is 14.8 Å². The van der Waals surface area contributed by atoms with E-state index in [1.807, 2.05) is 37.3 Å². The van der Waals surface area contributed by atoms with Crippen LogP contribution >= 0.6 is 11.6 Å². The van der Waals surface area contributed by atoms with Crippen LogP contribution < -0.4 is 9.04 Å². The predicted octanol–water partition coefficient (Wildman–Crippen LogP) is 5.56. The summed E-state index contributed by atoms with van der Waals surface area (Å²) < 4.78 is 34.1. The Morgan fingerprint density at radius 2 is 1.85 bits per heavy atom. The molecule has 33 heavy (non-hydrogen) atoms. The van der Waals surface area contributed by atoms with Gasteiger partial charge in [0.2, 0.25) is 0 Å². The molecule has 0 bridgehead atoms. The van der Waals surface area contributed by atoms with Gasteiger partial charge in [0.05, 0.1) is 17.2 Å². The molecule has 8 heteroatoms. The van der Waals surface area contributed by atoms with E-state index in [4.69, 9.17) is 21.4 Å². The van der Waals surface area contributed by atoms with Crippen molar-refractivity contribution in [3.8, 4) is 16.9 Å². The molecule has 0 saturated heterocycles. The molecular weight excluding hydrogens is 462 g/mol. The zero-order valence-electron chi connectivity index (χ0n) is 18.1. The molecule has 0 amide bonds. The molecule has 3 aromatic carbocycles. The van der Waals surface area contributed by atoms with Crippen molar-refractivity contribution in [2.75, 3.05) is 17.5 Å². The summed E-state index contributed by atoms with van der Waals surface area (Å²) in [6.45, 7) is 2.67. The number of rotatable bonds is 8. The third-order valence-corrected chi connectivity index (χ3v) is 7.72. The molecule has 1 unspecified atom stereocenters. The number of nitrogens with zero attached hydrogens (tertiary/aromatic N) is 1. The van der Waals surface area contributed by atoms with Crippen LogP contribution in [0, 0.1) is 0 Å². The van der Waals surface area contributed by atoms with Gasteiger partial charge in [0.1, 0.15) is 5.75 Å². The van der Waals surface area contributed by atoms with Crippen molar-refractivity contribution < 1.29 is 23.1 Å². The van der Waals surface area contributed by atoms with E-state index in [1.165, 1.54) is 4.31 Å². The number of hydrogen-bond acceptors (Lipinski definition) is 4. The molecule has 0 aromatic heterocycles. The molecule has 1 aliphatic heterocycles. The van der Waals surface area contributed by atoms with Crippen LogP contribution in [0.5, 0.6) is 5.75 Å². The summed E-state index contributed by atoms with van der Waals surface area (Å²) in [5.41, 5.74) is 2.96. The van der Waals surface area contributed by atoms with Gasteiger partial charge in [0.25, 0.3) is 10.0 Å². The number of halogens is 1. The summed E-state index contributed by atoms with van der Waals surface area (Å²) in [4.78, 5) is 11.3. The second-order valence-electron chi connectivity index (χ2n) is 7.85. The largest absolute Gasteiger partial charge is 0.494 e. The van der Waals surface area contributed by atoms with Crippen LogP contribution in [0.1, 0.15) is 31.2 Å². The molecule has 1 aliphatic rings. The molecule has 1 heterocycles. The second-order valence-corrected chi connectivity index (χ2v) is 10.2. The number of carboxylic acids is 1. The van der Waals surface area contributed by atoms with Gasteiger partial charge in [-0.25, -0.2) is 8.42 Å². The fourth-order valence-electron chi connectivity index (χ4n) is 4.12. The molecule has 4 rings (SSSR count). The fraction of sp³-hybridized carbons (Fsp3) is 0.240. The lowest BCUT2D eigenvalue weighted by molar-refractivity contribution is -0.137. The normalized spacial score (nSPS) is 15.3. The van der Waals surface area contributed by atoms with Crippen molar-refractivity contribution in [1.82, 2.24) is 0 Å². The average molecular weight is 486 g/mol. The lowest BCUT2D eigenvalue weighted by atomic mass is 9.96. The molecule has 6 nitrogen and oxygen atoms in total. The number of carbonyl (C=O) groups is 1. The number of ether oxygens (including phenoxy) is 1.